The standard InChI is InChI=1S/C10H11N3O7S/c11-9(14)5-12(6-10(15)16)21(19,20)8-4-2-1-3-7(8)13(17)18/h1-4H,5-6H2,(H2,11,14)(H,15,16). The van der Waals surface area contributed by atoms with Gasteiger partial charge in [-0.05, 0) is 6.07 Å². The fourth-order valence-corrected chi connectivity index (χ4v) is 3.03. The van der Waals surface area contributed by atoms with Crippen LogP contribution in [0.25, 0.3) is 0 Å². The zero-order chi connectivity index (χ0) is 16.2. The molecular weight excluding hydrogens is 306 g/mol. The molecule has 1 aromatic carbocycles. The first-order valence-corrected chi connectivity index (χ1v) is 6.84. The molecule has 0 heterocycles. The number of amides is 1. The number of carboxylic acids is 1. The molecule has 0 fully saturated rings. The number of carbonyl (C=O) groups is 2. The molecule has 11 heteroatoms. The number of nitro groups is 1. The van der Waals surface area contributed by atoms with Crippen LogP contribution in [0.3, 0.4) is 0 Å². The molecule has 0 unspecified atom stereocenters. The number of primary amides is 1. The van der Waals surface area contributed by atoms with Crippen molar-refractivity contribution in [1.82, 2.24) is 4.31 Å². The van der Waals surface area contributed by atoms with Crippen molar-refractivity contribution in [3.8, 4) is 0 Å². The van der Waals surface area contributed by atoms with Crippen LogP contribution in [0.4, 0.5) is 5.69 Å². The summed E-state index contributed by atoms with van der Waals surface area (Å²) >= 11 is 0. The molecule has 0 aliphatic heterocycles. The van der Waals surface area contributed by atoms with E-state index in [0.29, 0.717) is 0 Å². The lowest BCUT2D eigenvalue weighted by Gasteiger charge is -2.18. The molecule has 0 saturated carbocycles. The quantitative estimate of drug-likeness (QED) is 0.489. The van der Waals surface area contributed by atoms with Gasteiger partial charge in [0.1, 0.15) is 6.54 Å². The van der Waals surface area contributed by atoms with Gasteiger partial charge in [0.2, 0.25) is 5.91 Å². The van der Waals surface area contributed by atoms with E-state index in [1.165, 1.54) is 12.1 Å². The SMILES string of the molecule is NC(=O)CN(CC(=O)O)S(=O)(=O)c1ccccc1[N+](=O)[O-]. The van der Waals surface area contributed by atoms with Gasteiger partial charge in [-0.1, -0.05) is 12.1 Å². The van der Waals surface area contributed by atoms with E-state index in [-0.39, 0.29) is 4.31 Å². The van der Waals surface area contributed by atoms with E-state index in [0.717, 1.165) is 12.1 Å². The molecule has 0 spiro atoms. The number of aliphatic carboxylic acids is 1. The maximum absolute atomic E-state index is 12.3. The topological polar surface area (TPSA) is 161 Å². The minimum absolute atomic E-state index is 0.264. The zero-order valence-corrected chi connectivity index (χ0v) is 11.3. The number of rotatable bonds is 7. The first-order valence-electron chi connectivity index (χ1n) is 5.40. The third-order valence-electron chi connectivity index (χ3n) is 2.32. The van der Waals surface area contributed by atoms with Crippen molar-refractivity contribution in [1.29, 1.82) is 0 Å². The highest BCUT2D eigenvalue weighted by molar-refractivity contribution is 7.89. The second-order valence-corrected chi connectivity index (χ2v) is 5.76. The number of nitrogens with two attached hydrogens (primary N) is 1. The lowest BCUT2D eigenvalue weighted by atomic mass is 10.3. The van der Waals surface area contributed by atoms with Crippen LogP contribution >= 0.6 is 0 Å². The van der Waals surface area contributed by atoms with Gasteiger partial charge < -0.3 is 10.8 Å². The molecule has 0 aliphatic rings. The molecule has 0 radical (unpaired) electrons. The van der Waals surface area contributed by atoms with Crippen molar-refractivity contribution in [2.45, 2.75) is 4.90 Å². The Kier molecular flexibility index (Phi) is 4.94. The molecule has 1 rings (SSSR count). The summed E-state index contributed by atoms with van der Waals surface area (Å²) in [5.41, 5.74) is 4.15. The number of carbonyl (C=O) groups excluding carboxylic acids is 1. The molecule has 0 atom stereocenters. The number of carboxylic acid groups (broad SMARTS) is 1. The van der Waals surface area contributed by atoms with Crippen molar-refractivity contribution < 1.29 is 28.0 Å². The third-order valence-corrected chi connectivity index (χ3v) is 4.16. The number of para-hydroxylation sites is 1. The number of nitrogens with zero attached hydrogens (tertiary/aromatic N) is 2. The number of benzene rings is 1. The zero-order valence-electron chi connectivity index (χ0n) is 10.5. The summed E-state index contributed by atoms with van der Waals surface area (Å²) in [4.78, 5) is 30.8. The average molecular weight is 317 g/mol. The molecule has 114 valence electrons. The van der Waals surface area contributed by atoms with Gasteiger partial charge in [-0.3, -0.25) is 19.7 Å². The number of nitro benzene ring substituents is 1. The van der Waals surface area contributed by atoms with Gasteiger partial charge in [0.05, 0.1) is 11.5 Å². The number of sulfonamides is 1. The minimum atomic E-state index is -4.56. The van der Waals surface area contributed by atoms with Crippen LogP contribution in [-0.4, -0.2) is 47.7 Å². The summed E-state index contributed by atoms with van der Waals surface area (Å²) in [6, 6.07) is 4.40. The Bertz CT molecular complexity index is 670. The summed E-state index contributed by atoms with van der Waals surface area (Å²) in [6.45, 7) is -1.95. The van der Waals surface area contributed by atoms with Gasteiger partial charge in [0.25, 0.3) is 15.7 Å². The van der Waals surface area contributed by atoms with Crippen LogP contribution in [0, 0.1) is 10.1 Å². The second-order valence-electron chi connectivity index (χ2n) is 3.86. The van der Waals surface area contributed by atoms with Crippen molar-refractivity contribution in [3.63, 3.8) is 0 Å². The molecule has 21 heavy (non-hydrogen) atoms. The van der Waals surface area contributed by atoms with Gasteiger partial charge in [-0.15, -0.1) is 0 Å². The molecule has 0 bridgehead atoms. The van der Waals surface area contributed by atoms with Gasteiger partial charge in [-0.25, -0.2) is 8.42 Å². The summed E-state index contributed by atoms with van der Waals surface area (Å²) in [5.74, 6) is -2.61. The Morgan fingerprint density at radius 1 is 1.29 bits per heavy atom. The Morgan fingerprint density at radius 3 is 2.33 bits per heavy atom. The molecular formula is C10H11N3O7S. The van der Waals surface area contributed by atoms with Crippen molar-refractivity contribution in [2.24, 2.45) is 5.73 Å². The average Bonchev–Trinajstić information content (AvgIpc) is 2.36. The van der Waals surface area contributed by atoms with Crippen LogP contribution in [-0.2, 0) is 19.6 Å². The van der Waals surface area contributed by atoms with Crippen molar-refractivity contribution in [3.05, 3.63) is 34.4 Å². The summed E-state index contributed by atoms with van der Waals surface area (Å²) < 4.78 is 24.8. The Balaban J connectivity index is 3.38. The van der Waals surface area contributed by atoms with Crippen molar-refractivity contribution >= 4 is 27.6 Å². The van der Waals surface area contributed by atoms with Gasteiger partial charge in [0.15, 0.2) is 4.90 Å². The fourth-order valence-electron chi connectivity index (χ4n) is 1.52. The van der Waals surface area contributed by atoms with E-state index in [1.54, 1.807) is 0 Å². The van der Waals surface area contributed by atoms with Gasteiger partial charge in [0, 0.05) is 6.07 Å². The van der Waals surface area contributed by atoms with E-state index in [2.05, 4.69) is 0 Å². The highest BCUT2D eigenvalue weighted by Crippen LogP contribution is 2.25. The number of hydrogen-bond donors (Lipinski definition) is 2. The largest absolute Gasteiger partial charge is 0.480 e. The van der Waals surface area contributed by atoms with Crippen LogP contribution in [0.1, 0.15) is 0 Å². The predicted molar refractivity (Wildman–Crippen MR) is 68.7 cm³/mol. The first kappa shape index (κ1) is 16.5. The molecule has 3 N–H and O–H groups in total. The minimum Gasteiger partial charge on any atom is -0.480 e. The lowest BCUT2D eigenvalue weighted by Crippen LogP contribution is -2.41. The van der Waals surface area contributed by atoms with E-state index < -0.39 is 50.5 Å². The van der Waals surface area contributed by atoms with Crippen molar-refractivity contribution in [2.75, 3.05) is 13.1 Å². The fraction of sp³-hybridized carbons (Fsp3) is 0.200. The highest BCUT2D eigenvalue weighted by atomic mass is 32.2. The summed E-state index contributed by atoms with van der Waals surface area (Å²) in [6.07, 6.45) is 0. The number of hydrogen-bond acceptors (Lipinski definition) is 6. The van der Waals surface area contributed by atoms with E-state index >= 15 is 0 Å². The van der Waals surface area contributed by atoms with Crippen LogP contribution in [0.2, 0.25) is 0 Å². The monoisotopic (exact) mass is 317 g/mol. The highest BCUT2D eigenvalue weighted by Gasteiger charge is 2.33. The van der Waals surface area contributed by atoms with E-state index in [1.807, 2.05) is 0 Å². The maximum Gasteiger partial charge on any atom is 0.318 e. The Morgan fingerprint density at radius 2 is 1.86 bits per heavy atom. The first-order chi connectivity index (χ1) is 9.66. The third kappa shape index (κ3) is 3.97. The Hall–Kier alpha value is -2.53. The smallest absolute Gasteiger partial charge is 0.318 e. The molecule has 1 amide bonds. The lowest BCUT2D eigenvalue weighted by molar-refractivity contribution is -0.387. The molecule has 0 aromatic heterocycles. The predicted octanol–water partition coefficient (Wildman–Crippen LogP) is -0.845. The molecule has 10 nitrogen and oxygen atoms in total. The van der Waals surface area contributed by atoms with Crippen LogP contribution in [0.15, 0.2) is 29.2 Å². The molecule has 0 aliphatic carbocycles. The van der Waals surface area contributed by atoms with Crippen LogP contribution < -0.4 is 5.73 Å². The normalized spacial score (nSPS) is 11.3. The molecule has 1 aromatic rings. The van der Waals surface area contributed by atoms with E-state index in [9.17, 15) is 28.1 Å². The van der Waals surface area contributed by atoms with Gasteiger partial charge >= 0.3 is 5.97 Å². The van der Waals surface area contributed by atoms with E-state index in [4.69, 9.17) is 10.8 Å². The summed E-state index contributed by atoms with van der Waals surface area (Å²) in [5, 5.41) is 19.5. The second kappa shape index (κ2) is 6.28. The summed E-state index contributed by atoms with van der Waals surface area (Å²) in [7, 11) is -4.56. The maximum atomic E-state index is 12.3. The Labute approximate surface area is 119 Å². The van der Waals surface area contributed by atoms with Crippen LogP contribution in [0.5, 0.6) is 0 Å². The van der Waals surface area contributed by atoms with Gasteiger partial charge in [-0.2, -0.15) is 4.31 Å². The molecule has 0 saturated heterocycles.